The van der Waals surface area contributed by atoms with Crippen LogP contribution in [0.15, 0.2) is 115 Å². The number of benzene rings is 5. The van der Waals surface area contributed by atoms with Crippen LogP contribution in [0.25, 0.3) is 0 Å². The predicted molar refractivity (Wildman–Crippen MR) is 305 cm³/mol. The number of rotatable bonds is 36. The van der Waals surface area contributed by atoms with Gasteiger partial charge in [-0.3, -0.25) is 0 Å². The van der Waals surface area contributed by atoms with Crippen molar-refractivity contribution in [1.82, 2.24) is 0 Å². The average Bonchev–Trinajstić information content (AvgIpc) is 3.40. The molecule has 0 saturated heterocycles. The number of halogens is 1. The lowest BCUT2D eigenvalue weighted by Gasteiger charge is -2.31. The van der Waals surface area contributed by atoms with Crippen molar-refractivity contribution in [2.45, 2.75) is 158 Å². The first kappa shape index (κ1) is 58.8. The summed E-state index contributed by atoms with van der Waals surface area (Å²) in [7, 11) is -4.88. The lowest BCUT2D eigenvalue weighted by Crippen LogP contribution is -2.63. The van der Waals surface area contributed by atoms with Crippen molar-refractivity contribution in [2.75, 3.05) is 81.8 Å². The second-order valence-corrected chi connectivity index (χ2v) is 20.5. The molecule has 0 saturated carbocycles. The fraction of sp³-hybridized carbons (Fsp3) is 0.516. The van der Waals surface area contributed by atoms with E-state index in [1.165, 1.54) is 11.4 Å². The Balaban J connectivity index is 1.70. The zero-order valence-corrected chi connectivity index (χ0v) is 46.9. The third-order valence-corrected chi connectivity index (χ3v) is 14.1. The molecule has 0 radical (unpaired) electrons. The van der Waals surface area contributed by atoms with Crippen molar-refractivity contribution >= 4 is 56.9 Å². The van der Waals surface area contributed by atoms with Gasteiger partial charge in [0.15, 0.2) is 0 Å². The molecule has 11 heteroatoms. The fourth-order valence-corrected chi connectivity index (χ4v) is 9.71. The van der Waals surface area contributed by atoms with E-state index in [1.54, 1.807) is 6.07 Å². The minimum Gasteiger partial charge on any atom is -0.372 e. The van der Waals surface area contributed by atoms with Crippen molar-refractivity contribution in [1.29, 1.82) is 0 Å². The second kappa shape index (κ2) is 31.6. The molecule has 0 spiro atoms. The van der Waals surface area contributed by atoms with Crippen molar-refractivity contribution < 1.29 is 28.5 Å². The Bertz CT molecular complexity index is 2100. The van der Waals surface area contributed by atoms with E-state index in [-0.39, 0.29) is 5.75 Å². The Hall–Kier alpha value is -5.13. The van der Waals surface area contributed by atoms with E-state index in [4.69, 9.17) is 4.29 Å². The van der Waals surface area contributed by atoms with Gasteiger partial charge in [0.05, 0.1) is 5.69 Å². The number of hydrogen-bond donors (Lipinski definition) is 0. The Kier molecular flexibility index (Phi) is 25.4. The maximum atomic E-state index is 12.9. The SMILES string of the molecule is CCCCN(CCCC)c1ccc(N(c2ccc(N(CCCC)CCCC)cc2)c2ccc(N(c3ccc(N(CCCC)CCCC)cc3)c3ccc(N(CCCC)CCCC)cc3)c(O[Cl+3]([O-])([O-])[O-])c2)cc1. The van der Waals surface area contributed by atoms with Crippen LogP contribution < -0.4 is 47.7 Å². The zero-order valence-electron chi connectivity index (χ0n) is 46.1. The van der Waals surface area contributed by atoms with E-state index in [2.05, 4.69) is 177 Å². The van der Waals surface area contributed by atoms with Crippen molar-refractivity contribution in [2.24, 2.45) is 0 Å². The fourth-order valence-electron chi connectivity index (χ4n) is 9.39. The Labute approximate surface area is 444 Å². The first-order valence-corrected chi connectivity index (χ1v) is 29.5. The van der Waals surface area contributed by atoms with Gasteiger partial charge < -0.3 is 29.4 Å². The third-order valence-electron chi connectivity index (χ3n) is 13.8. The number of hydrogen-bond acceptors (Lipinski definition) is 10. The van der Waals surface area contributed by atoms with E-state index in [0.29, 0.717) is 11.4 Å². The van der Waals surface area contributed by atoms with Crippen LogP contribution in [0, 0.1) is 10.2 Å². The maximum absolute atomic E-state index is 12.9. The molecule has 0 N–H and O–H groups in total. The Morgan fingerprint density at radius 2 is 0.521 bits per heavy atom. The highest BCUT2D eigenvalue weighted by Gasteiger charge is 2.30. The molecule has 10 nitrogen and oxygen atoms in total. The topological polar surface area (TPSA) is 97.9 Å². The molecule has 5 aromatic rings. The van der Waals surface area contributed by atoms with Gasteiger partial charge in [-0.2, -0.15) is 14.0 Å². The lowest BCUT2D eigenvalue weighted by atomic mass is 10.1. The normalized spacial score (nSPS) is 11.4. The van der Waals surface area contributed by atoms with E-state index in [1.807, 2.05) is 17.0 Å². The Morgan fingerprint density at radius 1 is 0.301 bits per heavy atom. The highest BCUT2D eigenvalue weighted by atomic mass is 35.7. The minimum atomic E-state index is -4.88. The van der Waals surface area contributed by atoms with Crippen molar-refractivity contribution in [3.05, 3.63) is 115 Å². The van der Waals surface area contributed by atoms with Crippen LogP contribution in [0.1, 0.15) is 158 Å². The number of unbranched alkanes of at least 4 members (excludes halogenated alkanes) is 8. The van der Waals surface area contributed by atoms with Crippen LogP contribution in [0.3, 0.4) is 0 Å². The molecule has 0 aromatic heterocycles. The smallest absolute Gasteiger partial charge is 0.314 e. The summed E-state index contributed by atoms with van der Waals surface area (Å²) in [5.41, 5.74) is 9.10. The predicted octanol–water partition coefficient (Wildman–Crippen LogP) is 14.5. The molecule has 0 aliphatic rings. The van der Waals surface area contributed by atoms with E-state index < -0.39 is 10.2 Å². The third kappa shape index (κ3) is 18.0. The largest absolute Gasteiger partial charge is 0.372 e. The van der Waals surface area contributed by atoms with E-state index in [0.717, 1.165) is 189 Å². The Morgan fingerprint density at radius 3 is 0.753 bits per heavy atom. The van der Waals surface area contributed by atoms with Crippen LogP contribution >= 0.6 is 0 Å². The summed E-state index contributed by atoms with van der Waals surface area (Å²) in [4.78, 5) is 14.0. The van der Waals surface area contributed by atoms with E-state index in [9.17, 15) is 14.0 Å². The number of nitrogens with zero attached hydrogens (tertiary/aromatic N) is 6. The van der Waals surface area contributed by atoms with Crippen LogP contribution in [0.2, 0.25) is 0 Å². The van der Waals surface area contributed by atoms with Gasteiger partial charge in [0.25, 0.3) is 0 Å². The molecule has 0 heterocycles. The van der Waals surface area contributed by atoms with Crippen molar-refractivity contribution in [3.63, 3.8) is 0 Å². The van der Waals surface area contributed by atoms with Crippen LogP contribution in [0.4, 0.5) is 56.9 Å². The van der Waals surface area contributed by atoms with Gasteiger partial charge in [-0.15, -0.1) is 0 Å². The minimum absolute atomic E-state index is 0.0730. The molecule has 0 unspecified atom stereocenters. The molecule has 0 bridgehead atoms. The summed E-state index contributed by atoms with van der Waals surface area (Å²) < 4.78 is 44.3. The molecule has 0 aliphatic heterocycles. The second-order valence-electron chi connectivity index (χ2n) is 19.6. The molecule has 5 rings (SSSR count). The first-order valence-electron chi connectivity index (χ1n) is 28.3. The van der Waals surface area contributed by atoms with Crippen LogP contribution in [0.5, 0.6) is 5.75 Å². The van der Waals surface area contributed by atoms with Gasteiger partial charge in [0, 0.05) is 104 Å². The van der Waals surface area contributed by atoms with E-state index >= 15 is 0 Å². The van der Waals surface area contributed by atoms with Crippen LogP contribution in [-0.2, 0) is 0 Å². The molecular formula is C62H91ClN6O4. The van der Waals surface area contributed by atoms with Gasteiger partial charge in [-0.05, 0) is 161 Å². The van der Waals surface area contributed by atoms with Crippen molar-refractivity contribution in [3.8, 4) is 5.75 Å². The first-order chi connectivity index (χ1) is 35.5. The molecule has 0 aliphatic carbocycles. The highest BCUT2D eigenvalue weighted by Crippen LogP contribution is 2.46. The summed E-state index contributed by atoms with van der Waals surface area (Å²) in [6.45, 7) is 25.7. The summed E-state index contributed by atoms with van der Waals surface area (Å²) >= 11 is 0. The van der Waals surface area contributed by atoms with Gasteiger partial charge in [-0.25, -0.2) is 0 Å². The molecular weight excluding hydrogens is 928 g/mol. The standard InChI is InChI=1S/C62H91ClN6O4/c1-9-17-43-64(44-18-10-2)52-25-33-56(34-26-52)68(57-35-27-53(28-36-57)65(45-19-11-3)46-20-12-4)60-41-42-61(62(51-60)73-63(70,71)72)69(58-37-29-54(30-38-58)66(47-21-13-5)48-22-14-6)59-39-31-55(32-40-59)67(49-23-15-7)50-24-16-8/h25-42,51H,9-24,43-50H2,1-8H3. The van der Waals surface area contributed by atoms with Crippen LogP contribution in [-0.4, -0.2) is 52.4 Å². The molecule has 400 valence electrons. The quantitative estimate of drug-likeness (QED) is 0.0386. The summed E-state index contributed by atoms with van der Waals surface area (Å²) in [5, 5.41) is 0. The van der Waals surface area contributed by atoms with Gasteiger partial charge in [0.1, 0.15) is 15.9 Å². The maximum Gasteiger partial charge on any atom is 0.314 e. The lowest BCUT2D eigenvalue weighted by molar-refractivity contribution is -1.91. The summed E-state index contributed by atoms with van der Waals surface area (Å²) in [6, 6.07) is 39.9. The summed E-state index contributed by atoms with van der Waals surface area (Å²) in [6.07, 6.45) is 17.8. The average molecular weight is 1020 g/mol. The molecule has 0 amide bonds. The van der Waals surface area contributed by atoms with Gasteiger partial charge in [-0.1, -0.05) is 111 Å². The number of anilines is 10. The molecule has 0 atom stereocenters. The summed E-state index contributed by atoms with van der Waals surface area (Å²) in [5.74, 6) is -0.0730. The van der Waals surface area contributed by atoms with Gasteiger partial charge in [0.2, 0.25) is 0 Å². The monoisotopic (exact) mass is 1020 g/mol. The molecule has 73 heavy (non-hydrogen) atoms. The highest BCUT2D eigenvalue weighted by molar-refractivity contribution is 5.86. The molecule has 5 aromatic carbocycles. The zero-order chi connectivity index (χ0) is 52.4. The molecule has 0 fully saturated rings. The van der Waals surface area contributed by atoms with Gasteiger partial charge >= 0.3 is 5.75 Å².